The molecule has 2 N–H and O–H groups in total. The van der Waals surface area contributed by atoms with Gasteiger partial charge in [-0.25, -0.2) is 4.79 Å². The molecule has 0 saturated carbocycles. The molecule has 1 aliphatic heterocycles. The van der Waals surface area contributed by atoms with Crippen molar-refractivity contribution in [2.45, 2.75) is 12.5 Å². The van der Waals surface area contributed by atoms with E-state index < -0.39 is 17.1 Å². The zero-order valence-corrected chi connectivity index (χ0v) is 9.98. The van der Waals surface area contributed by atoms with Crippen molar-refractivity contribution in [2.24, 2.45) is 0 Å². The van der Waals surface area contributed by atoms with Crippen LogP contribution in [0.3, 0.4) is 0 Å². The number of nitrogens with zero attached hydrogens (tertiary/aromatic N) is 1. The molecule has 1 aromatic rings. The van der Waals surface area contributed by atoms with Crippen molar-refractivity contribution in [3.05, 3.63) is 33.9 Å². The van der Waals surface area contributed by atoms with Crippen molar-refractivity contribution in [3.63, 3.8) is 0 Å². The lowest BCUT2D eigenvalue weighted by atomic mass is 10.0. The molecule has 0 aliphatic carbocycles. The van der Waals surface area contributed by atoms with Gasteiger partial charge in [0.1, 0.15) is 5.75 Å². The number of halogens is 1. The van der Waals surface area contributed by atoms with E-state index in [0.29, 0.717) is 6.42 Å². The van der Waals surface area contributed by atoms with Crippen LogP contribution in [-0.4, -0.2) is 22.7 Å². The maximum absolute atomic E-state index is 11.0. The van der Waals surface area contributed by atoms with Crippen LogP contribution in [0.2, 0.25) is 0 Å². The predicted octanol–water partition coefficient (Wildman–Crippen LogP) is 1.89. The molecule has 1 aliphatic rings. The SMILES string of the molecule is Cl.O=C1N[C@@H](c2cc(O)ccc2[N+](=O)[O-])CCO1. The van der Waals surface area contributed by atoms with Crippen LogP contribution in [0.5, 0.6) is 5.75 Å². The zero-order chi connectivity index (χ0) is 12.4. The first kappa shape index (κ1) is 14.0. The number of hydrogen-bond donors (Lipinski definition) is 2. The highest BCUT2D eigenvalue weighted by atomic mass is 35.5. The number of nitro benzene ring substituents is 1. The lowest BCUT2D eigenvalue weighted by Crippen LogP contribution is -2.35. The highest BCUT2D eigenvalue weighted by molar-refractivity contribution is 5.85. The van der Waals surface area contributed by atoms with Crippen molar-refractivity contribution >= 4 is 24.2 Å². The number of carbonyl (C=O) groups is 1. The Kier molecular flexibility index (Phi) is 4.33. The number of rotatable bonds is 2. The molecule has 0 spiro atoms. The Morgan fingerprint density at radius 1 is 1.50 bits per heavy atom. The molecule has 7 nitrogen and oxygen atoms in total. The van der Waals surface area contributed by atoms with Gasteiger partial charge in [-0.3, -0.25) is 10.1 Å². The van der Waals surface area contributed by atoms with E-state index in [1.54, 1.807) is 0 Å². The third-order valence-electron chi connectivity index (χ3n) is 2.51. The fourth-order valence-electron chi connectivity index (χ4n) is 1.75. The van der Waals surface area contributed by atoms with Crippen molar-refractivity contribution in [1.82, 2.24) is 5.32 Å². The third kappa shape index (κ3) is 2.80. The van der Waals surface area contributed by atoms with E-state index in [1.807, 2.05) is 0 Å². The topological polar surface area (TPSA) is 102 Å². The number of amides is 1. The third-order valence-corrected chi connectivity index (χ3v) is 2.51. The van der Waals surface area contributed by atoms with Gasteiger partial charge in [-0.05, 0) is 12.1 Å². The van der Waals surface area contributed by atoms with Crippen LogP contribution in [-0.2, 0) is 4.74 Å². The maximum atomic E-state index is 11.0. The van der Waals surface area contributed by atoms with Gasteiger partial charge < -0.3 is 15.2 Å². The number of cyclic esters (lactones) is 1. The summed E-state index contributed by atoms with van der Waals surface area (Å²) in [6.07, 6.45) is -0.186. The molecular formula is C10H11ClN2O5. The Labute approximate surface area is 108 Å². The molecule has 0 radical (unpaired) electrons. The Morgan fingerprint density at radius 3 is 2.83 bits per heavy atom. The zero-order valence-electron chi connectivity index (χ0n) is 9.16. The molecule has 1 fully saturated rings. The summed E-state index contributed by atoms with van der Waals surface area (Å²) in [5.41, 5.74) is 0.154. The number of phenolic OH excluding ortho intramolecular Hbond substituents is 1. The van der Waals surface area contributed by atoms with E-state index in [2.05, 4.69) is 10.1 Å². The van der Waals surface area contributed by atoms with Crippen LogP contribution in [0.4, 0.5) is 10.5 Å². The van der Waals surface area contributed by atoms with Gasteiger partial charge >= 0.3 is 6.09 Å². The summed E-state index contributed by atoms with van der Waals surface area (Å²) in [5, 5.41) is 22.7. The molecule has 98 valence electrons. The minimum atomic E-state index is -0.612. The summed E-state index contributed by atoms with van der Waals surface area (Å²) in [5.74, 6) is -0.0775. The molecule has 2 rings (SSSR count). The van der Waals surface area contributed by atoms with Gasteiger partial charge in [0.05, 0.1) is 23.1 Å². The Balaban J connectivity index is 0.00000162. The first-order chi connectivity index (χ1) is 8.08. The number of carbonyl (C=O) groups excluding carboxylic acids is 1. The number of alkyl carbamates (subject to hydrolysis) is 1. The molecule has 1 heterocycles. The van der Waals surface area contributed by atoms with E-state index >= 15 is 0 Å². The summed E-state index contributed by atoms with van der Waals surface area (Å²) in [6, 6.07) is 3.23. The largest absolute Gasteiger partial charge is 0.508 e. The van der Waals surface area contributed by atoms with Gasteiger partial charge in [-0.1, -0.05) is 0 Å². The van der Waals surface area contributed by atoms with Crippen molar-refractivity contribution in [2.75, 3.05) is 6.61 Å². The quantitative estimate of drug-likeness (QED) is 0.633. The molecular weight excluding hydrogens is 264 g/mol. The number of ether oxygens (including phenoxy) is 1. The maximum Gasteiger partial charge on any atom is 0.407 e. The summed E-state index contributed by atoms with van der Waals surface area (Å²) >= 11 is 0. The minimum Gasteiger partial charge on any atom is -0.508 e. The van der Waals surface area contributed by atoms with Crippen molar-refractivity contribution in [1.29, 1.82) is 0 Å². The fourth-order valence-corrected chi connectivity index (χ4v) is 1.75. The highest BCUT2D eigenvalue weighted by Crippen LogP contribution is 2.31. The van der Waals surface area contributed by atoms with Crippen LogP contribution in [0.15, 0.2) is 18.2 Å². The van der Waals surface area contributed by atoms with E-state index in [1.165, 1.54) is 18.2 Å². The van der Waals surface area contributed by atoms with Gasteiger partial charge in [-0.15, -0.1) is 12.4 Å². The summed E-state index contributed by atoms with van der Waals surface area (Å²) in [4.78, 5) is 21.3. The summed E-state index contributed by atoms with van der Waals surface area (Å²) in [7, 11) is 0. The highest BCUT2D eigenvalue weighted by Gasteiger charge is 2.27. The Bertz CT molecular complexity index is 479. The first-order valence-electron chi connectivity index (χ1n) is 4.98. The average Bonchev–Trinajstić information content (AvgIpc) is 2.28. The van der Waals surface area contributed by atoms with Gasteiger partial charge in [-0.2, -0.15) is 0 Å². The fraction of sp³-hybridized carbons (Fsp3) is 0.300. The number of nitro groups is 1. The van der Waals surface area contributed by atoms with Gasteiger partial charge in [0, 0.05) is 12.5 Å². The lowest BCUT2D eigenvalue weighted by Gasteiger charge is -2.23. The van der Waals surface area contributed by atoms with Gasteiger partial charge in [0.25, 0.3) is 5.69 Å². The van der Waals surface area contributed by atoms with Crippen LogP contribution in [0.1, 0.15) is 18.0 Å². The molecule has 18 heavy (non-hydrogen) atoms. The van der Waals surface area contributed by atoms with Crippen LogP contribution in [0.25, 0.3) is 0 Å². The number of aromatic hydroxyl groups is 1. The van der Waals surface area contributed by atoms with Crippen LogP contribution in [0, 0.1) is 10.1 Å². The summed E-state index contributed by atoms with van der Waals surface area (Å²) in [6.45, 7) is 0.198. The lowest BCUT2D eigenvalue weighted by molar-refractivity contribution is -0.385. The van der Waals surface area contributed by atoms with Crippen LogP contribution < -0.4 is 5.32 Å². The van der Waals surface area contributed by atoms with E-state index in [9.17, 15) is 20.0 Å². The van der Waals surface area contributed by atoms with Gasteiger partial charge in [0.15, 0.2) is 0 Å². The minimum absolute atomic E-state index is 0. The number of nitrogens with one attached hydrogen (secondary N) is 1. The average molecular weight is 275 g/mol. The van der Waals surface area contributed by atoms with Crippen molar-refractivity contribution < 1.29 is 19.6 Å². The molecule has 1 aromatic carbocycles. The van der Waals surface area contributed by atoms with Crippen molar-refractivity contribution in [3.8, 4) is 5.75 Å². The van der Waals surface area contributed by atoms with E-state index in [4.69, 9.17) is 0 Å². The summed E-state index contributed by atoms with van der Waals surface area (Å²) < 4.78 is 4.68. The normalized spacial score (nSPS) is 18.2. The number of phenols is 1. The second kappa shape index (κ2) is 5.54. The number of hydrogen-bond acceptors (Lipinski definition) is 5. The molecule has 1 amide bonds. The molecule has 1 atom stereocenters. The predicted molar refractivity (Wildman–Crippen MR) is 63.9 cm³/mol. The Hall–Kier alpha value is -2.02. The molecule has 0 bridgehead atoms. The van der Waals surface area contributed by atoms with E-state index in [-0.39, 0.29) is 36.0 Å². The smallest absolute Gasteiger partial charge is 0.407 e. The first-order valence-corrected chi connectivity index (χ1v) is 4.98. The second-order valence-corrected chi connectivity index (χ2v) is 3.62. The molecule has 1 saturated heterocycles. The van der Waals surface area contributed by atoms with Crippen LogP contribution >= 0.6 is 12.4 Å². The monoisotopic (exact) mass is 274 g/mol. The van der Waals surface area contributed by atoms with E-state index in [0.717, 1.165) is 0 Å². The van der Waals surface area contributed by atoms with Gasteiger partial charge in [0.2, 0.25) is 0 Å². The standard InChI is InChI=1S/C10H10N2O5.ClH/c13-6-1-2-9(12(15)16)7(5-6)8-3-4-17-10(14)11-8;/h1-2,5,8,13H,3-4H2,(H,11,14);1H/t8-;/m1./s1. The molecule has 0 unspecified atom stereocenters. The Morgan fingerprint density at radius 2 is 2.22 bits per heavy atom. The molecule has 0 aromatic heterocycles. The number of benzene rings is 1. The molecule has 8 heteroatoms. The second-order valence-electron chi connectivity index (χ2n) is 3.62.